The second kappa shape index (κ2) is 6.66. The zero-order valence-electron chi connectivity index (χ0n) is 12.8. The molecule has 0 spiro atoms. The van der Waals surface area contributed by atoms with E-state index in [4.69, 9.17) is 4.74 Å². The first-order valence-electron chi connectivity index (χ1n) is 7.52. The lowest BCUT2D eigenvalue weighted by molar-refractivity contribution is -0.386. The second-order valence-electron chi connectivity index (χ2n) is 5.47. The van der Waals surface area contributed by atoms with Crippen LogP contribution in [0.25, 0.3) is 0 Å². The van der Waals surface area contributed by atoms with E-state index in [9.17, 15) is 19.3 Å². The molecule has 0 fully saturated rings. The summed E-state index contributed by atoms with van der Waals surface area (Å²) in [6.45, 7) is -0.257. The van der Waals surface area contributed by atoms with Crippen LogP contribution in [0, 0.1) is 15.9 Å². The monoisotopic (exact) mass is 330 g/mol. The van der Waals surface area contributed by atoms with Crippen LogP contribution in [0.3, 0.4) is 0 Å². The number of rotatable bonds is 4. The fourth-order valence-corrected chi connectivity index (χ4v) is 2.73. The Morgan fingerprint density at radius 2 is 2.00 bits per heavy atom. The predicted octanol–water partition coefficient (Wildman–Crippen LogP) is 3.59. The number of nitrogens with one attached hydrogen (secondary N) is 1. The molecule has 0 bridgehead atoms. The maximum atomic E-state index is 13.9. The minimum atomic E-state index is -0.681. The van der Waals surface area contributed by atoms with Crippen molar-refractivity contribution in [3.05, 3.63) is 63.5 Å². The van der Waals surface area contributed by atoms with Crippen molar-refractivity contribution in [1.29, 1.82) is 0 Å². The zero-order chi connectivity index (χ0) is 17.1. The Morgan fingerprint density at radius 3 is 2.79 bits per heavy atom. The number of halogens is 1. The van der Waals surface area contributed by atoms with Crippen molar-refractivity contribution < 1.29 is 18.8 Å². The van der Waals surface area contributed by atoms with E-state index in [1.807, 2.05) is 0 Å². The smallest absolute Gasteiger partial charge is 0.278 e. The van der Waals surface area contributed by atoms with E-state index >= 15 is 0 Å². The third-order valence-electron chi connectivity index (χ3n) is 3.90. The van der Waals surface area contributed by atoms with Crippen molar-refractivity contribution in [3.8, 4) is 5.75 Å². The second-order valence-corrected chi connectivity index (χ2v) is 5.47. The van der Waals surface area contributed by atoms with Gasteiger partial charge in [-0.05, 0) is 31.0 Å². The first-order valence-corrected chi connectivity index (χ1v) is 7.52. The molecule has 124 valence electrons. The van der Waals surface area contributed by atoms with Gasteiger partial charge in [0.2, 0.25) is 5.91 Å². The first kappa shape index (κ1) is 15.9. The number of ether oxygens (including phenoxy) is 1. The number of benzene rings is 2. The number of fused-ring (bicyclic) bond motifs is 1. The van der Waals surface area contributed by atoms with Crippen molar-refractivity contribution in [2.24, 2.45) is 0 Å². The fourth-order valence-electron chi connectivity index (χ4n) is 2.73. The Hall–Kier alpha value is -2.96. The van der Waals surface area contributed by atoms with Crippen LogP contribution in [0.15, 0.2) is 36.4 Å². The Bertz CT molecular complexity index is 807. The number of carbonyl (C=O) groups excluding carboxylic acids is 1. The molecule has 3 rings (SSSR count). The molecule has 1 heterocycles. The summed E-state index contributed by atoms with van der Waals surface area (Å²) in [6, 6.07) is 8.90. The van der Waals surface area contributed by atoms with Crippen LogP contribution in [-0.2, 0) is 17.8 Å². The third-order valence-corrected chi connectivity index (χ3v) is 3.90. The average molecular weight is 330 g/mol. The maximum absolute atomic E-state index is 13.9. The Balaban J connectivity index is 1.88. The molecule has 0 aliphatic carbocycles. The predicted molar refractivity (Wildman–Crippen MR) is 85.4 cm³/mol. The fraction of sp³-hybridized carbons (Fsp3) is 0.235. The molecule has 2 aromatic carbocycles. The number of carbonyl (C=O) groups is 1. The van der Waals surface area contributed by atoms with Crippen LogP contribution in [-0.4, -0.2) is 10.8 Å². The van der Waals surface area contributed by atoms with Gasteiger partial charge in [0.25, 0.3) is 5.69 Å². The van der Waals surface area contributed by atoms with E-state index in [2.05, 4.69) is 5.32 Å². The minimum Gasteiger partial charge on any atom is -0.488 e. The average Bonchev–Trinajstić information content (AvgIpc) is 2.74. The lowest BCUT2D eigenvalue weighted by Crippen LogP contribution is -2.09. The summed E-state index contributed by atoms with van der Waals surface area (Å²) < 4.78 is 19.6. The molecule has 7 heteroatoms. The van der Waals surface area contributed by atoms with Crippen LogP contribution in [0.2, 0.25) is 0 Å². The van der Waals surface area contributed by atoms with E-state index in [-0.39, 0.29) is 23.8 Å². The van der Waals surface area contributed by atoms with Gasteiger partial charge in [-0.25, -0.2) is 4.39 Å². The highest BCUT2D eigenvalue weighted by atomic mass is 19.1. The van der Waals surface area contributed by atoms with Gasteiger partial charge in [0.05, 0.1) is 4.92 Å². The lowest BCUT2D eigenvalue weighted by atomic mass is 10.1. The van der Waals surface area contributed by atoms with Gasteiger partial charge in [0, 0.05) is 23.7 Å². The summed E-state index contributed by atoms with van der Waals surface area (Å²) >= 11 is 0. The molecule has 0 saturated heterocycles. The number of anilines is 1. The van der Waals surface area contributed by atoms with Crippen LogP contribution < -0.4 is 10.1 Å². The number of hydrogen-bond donors (Lipinski definition) is 1. The first-order chi connectivity index (χ1) is 11.6. The lowest BCUT2D eigenvalue weighted by Gasteiger charge is -2.14. The SMILES string of the molecule is O=C1CCCc2c(cccc2OCc2c(F)cccc2[N+](=O)[O-])N1. The van der Waals surface area contributed by atoms with Gasteiger partial charge in [-0.3, -0.25) is 14.9 Å². The molecule has 1 amide bonds. The summed E-state index contributed by atoms with van der Waals surface area (Å²) in [5.74, 6) is -0.248. The maximum Gasteiger partial charge on any atom is 0.278 e. The Labute approximate surface area is 137 Å². The normalized spacial score (nSPS) is 13.6. The summed E-state index contributed by atoms with van der Waals surface area (Å²) in [6.07, 6.45) is 1.75. The van der Waals surface area contributed by atoms with E-state index < -0.39 is 10.7 Å². The van der Waals surface area contributed by atoms with Crippen molar-refractivity contribution in [3.63, 3.8) is 0 Å². The molecule has 0 unspecified atom stereocenters. The standard InChI is InChI=1S/C17H15FN2O4/c18-13-5-2-7-15(20(22)23)12(13)10-24-16-8-3-6-14-11(16)4-1-9-17(21)19-14/h2-3,5-8H,1,4,9-10H2,(H,19,21). The van der Waals surface area contributed by atoms with E-state index in [1.54, 1.807) is 18.2 Å². The topological polar surface area (TPSA) is 81.5 Å². The van der Waals surface area contributed by atoms with Crippen molar-refractivity contribution in [2.75, 3.05) is 5.32 Å². The quantitative estimate of drug-likeness (QED) is 0.686. The van der Waals surface area contributed by atoms with Crippen LogP contribution in [0.5, 0.6) is 5.75 Å². The number of nitro benzene ring substituents is 1. The molecule has 1 N–H and O–H groups in total. The molecule has 0 radical (unpaired) electrons. The van der Waals surface area contributed by atoms with Gasteiger partial charge >= 0.3 is 0 Å². The van der Waals surface area contributed by atoms with Crippen LogP contribution in [0.4, 0.5) is 15.8 Å². The molecule has 2 aromatic rings. The van der Waals surface area contributed by atoms with Gasteiger partial charge in [-0.2, -0.15) is 0 Å². The molecule has 0 saturated carbocycles. The molecular weight excluding hydrogens is 315 g/mol. The molecule has 24 heavy (non-hydrogen) atoms. The molecule has 1 aliphatic heterocycles. The minimum absolute atomic E-state index is 0.0596. The highest BCUT2D eigenvalue weighted by molar-refractivity contribution is 5.92. The van der Waals surface area contributed by atoms with Gasteiger partial charge in [-0.1, -0.05) is 12.1 Å². The molecule has 0 atom stereocenters. The van der Waals surface area contributed by atoms with Crippen molar-refractivity contribution in [2.45, 2.75) is 25.9 Å². The van der Waals surface area contributed by atoms with E-state index in [0.717, 1.165) is 11.6 Å². The highest BCUT2D eigenvalue weighted by Crippen LogP contribution is 2.32. The molecule has 0 aromatic heterocycles. The largest absolute Gasteiger partial charge is 0.488 e. The van der Waals surface area contributed by atoms with E-state index in [0.29, 0.717) is 30.7 Å². The van der Waals surface area contributed by atoms with Crippen molar-refractivity contribution >= 4 is 17.3 Å². The van der Waals surface area contributed by atoms with Crippen LogP contribution >= 0.6 is 0 Å². The van der Waals surface area contributed by atoms with Crippen LogP contribution in [0.1, 0.15) is 24.0 Å². The number of nitrogens with zero attached hydrogens (tertiary/aromatic N) is 1. The summed E-state index contributed by atoms with van der Waals surface area (Å²) in [5.41, 5.74) is 1.07. The molecular formula is C17H15FN2O4. The van der Waals surface area contributed by atoms with E-state index in [1.165, 1.54) is 12.1 Å². The number of nitro groups is 1. The Kier molecular flexibility index (Phi) is 4.41. The van der Waals surface area contributed by atoms with Crippen molar-refractivity contribution in [1.82, 2.24) is 0 Å². The van der Waals surface area contributed by atoms with Gasteiger partial charge in [-0.15, -0.1) is 0 Å². The third kappa shape index (κ3) is 3.19. The van der Waals surface area contributed by atoms with Gasteiger partial charge < -0.3 is 10.1 Å². The summed E-state index contributed by atoms with van der Waals surface area (Å²) in [5, 5.41) is 13.8. The molecule has 6 nitrogen and oxygen atoms in total. The molecule has 1 aliphatic rings. The zero-order valence-corrected chi connectivity index (χ0v) is 12.8. The number of amides is 1. The highest BCUT2D eigenvalue weighted by Gasteiger charge is 2.20. The summed E-state index contributed by atoms with van der Waals surface area (Å²) in [7, 11) is 0. The van der Waals surface area contributed by atoms with Gasteiger partial charge in [0.1, 0.15) is 23.7 Å². The number of hydrogen-bond acceptors (Lipinski definition) is 4. The van der Waals surface area contributed by atoms with Gasteiger partial charge in [0.15, 0.2) is 0 Å². The Morgan fingerprint density at radius 1 is 1.21 bits per heavy atom. The summed E-state index contributed by atoms with van der Waals surface area (Å²) in [4.78, 5) is 22.0.